The molecule has 30 heavy (non-hydrogen) atoms. The number of halogens is 3. The number of aryl methyl sites for hydroxylation is 1. The maximum Gasteiger partial charge on any atom is 0.471 e. The lowest BCUT2D eigenvalue weighted by atomic mass is 10.2. The van der Waals surface area contributed by atoms with Gasteiger partial charge in [-0.3, -0.25) is 10.3 Å². The van der Waals surface area contributed by atoms with Crippen LogP contribution in [0.25, 0.3) is 17.0 Å². The topological polar surface area (TPSA) is 107 Å². The van der Waals surface area contributed by atoms with E-state index in [-0.39, 0.29) is 18.1 Å². The van der Waals surface area contributed by atoms with Crippen molar-refractivity contribution >= 4 is 17.3 Å². The van der Waals surface area contributed by atoms with E-state index in [0.29, 0.717) is 11.2 Å². The highest BCUT2D eigenvalue weighted by molar-refractivity contribution is 5.91. The first-order chi connectivity index (χ1) is 14.3. The molecule has 0 bridgehead atoms. The van der Waals surface area contributed by atoms with Crippen molar-refractivity contribution in [1.82, 2.24) is 24.7 Å². The van der Waals surface area contributed by atoms with Crippen molar-refractivity contribution in [2.24, 2.45) is 0 Å². The van der Waals surface area contributed by atoms with Crippen molar-refractivity contribution in [3.8, 4) is 11.5 Å². The summed E-state index contributed by atoms with van der Waals surface area (Å²) in [5, 5.41) is 9.99. The van der Waals surface area contributed by atoms with Crippen LogP contribution in [0.15, 0.2) is 47.2 Å². The first-order valence-corrected chi connectivity index (χ1v) is 8.55. The molecule has 0 aromatic carbocycles. The maximum atomic E-state index is 12.7. The SMILES string of the molecule is Cc1ncccc1COC(=O)Nc1ccc(-c2noc(C(F)(F)F)n2)n2nccc12. The average Bonchev–Trinajstić information content (AvgIpc) is 3.37. The quantitative estimate of drug-likeness (QED) is 0.536. The monoisotopic (exact) mass is 418 g/mol. The van der Waals surface area contributed by atoms with E-state index in [0.717, 1.165) is 11.3 Å². The molecule has 0 saturated heterocycles. The summed E-state index contributed by atoms with van der Waals surface area (Å²) < 4.78 is 48.9. The number of anilines is 1. The van der Waals surface area contributed by atoms with E-state index in [4.69, 9.17) is 4.74 Å². The lowest BCUT2D eigenvalue weighted by Gasteiger charge is -2.10. The fourth-order valence-corrected chi connectivity index (χ4v) is 2.69. The second-order valence-corrected chi connectivity index (χ2v) is 6.13. The zero-order valence-corrected chi connectivity index (χ0v) is 15.3. The van der Waals surface area contributed by atoms with E-state index >= 15 is 0 Å². The number of hydrogen-bond donors (Lipinski definition) is 1. The van der Waals surface area contributed by atoms with Gasteiger partial charge in [-0.25, -0.2) is 9.31 Å². The number of rotatable bonds is 4. The molecular formula is C18H13F3N6O3. The van der Waals surface area contributed by atoms with Gasteiger partial charge in [0.15, 0.2) is 0 Å². The third-order valence-electron chi connectivity index (χ3n) is 4.16. The van der Waals surface area contributed by atoms with Gasteiger partial charge in [0.2, 0.25) is 5.82 Å². The maximum absolute atomic E-state index is 12.7. The highest BCUT2D eigenvalue weighted by Gasteiger charge is 2.38. The minimum absolute atomic E-state index is 0.0300. The van der Waals surface area contributed by atoms with Gasteiger partial charge in [-0.05, 0) is 31.2 Å². The summed E-state index contributed by atoms with van der Waals surface area (Å²) in [4.78, 5) is 19.7. The van der Waals surface area contributed by atoms with Crippen LogP contribution in [-0.4, -0.2) is 30.8 Å². The average molecular weight is 418 g/mol. The summed E-state index contributed by atoms with van der Waals surface area (Å²) >= 11 is 0. The lowest BCUT2D eigenvalue weighted by Crippen LogP contribution is -2.15. The Morgan fingerprint density at radius 3 is 2.80 bits per heavy atom. The molecule has 4 rings (SSSR count). The number of hydrogen-bond acceptors (Lipinski definition) is 7. The molecule has 4 heterocycles. The molecule has 0 fully saturated rings. The Kier molecular flexibility index (Phi) is 4.82. The van der Waals surface area contributed by atoms with Crippen molar-refractivity contribution in [3.05, 3.63) is 59.9 Å². The van der Waals surface area contributed by atoms with Gasteiger partial charge >= 0.3 is 18.2 Å². The molecule has 12 heteroatoms. The number of amides is 1. The van der Waals surface area contributed by atoms with Crippen molar-refractivity contribution in [1.29, 1.82) is 0 Å². The van der Waals surface area contributed by atoms with E-state index < -0.39 is 18.2 Å². The first-order valence-electron chi connectivity index (χ1n) is 8.55. The van der Waals surface area contributed by atoms with E-state index in [1.807, 2.05) is 0 Å². The molecule has 4 aromatic heterocycles. The highest BCUT2D eigenvalue weighted by atomic mass is 19.4. The predicted molar refractivity (Wildman–Crippen MR) is 96.3 cm³/mol. The van der Waals surface area contributed by atoms with Crippen LogP contribution in [0, 0.1) is 6.92 Å². The van der Waals surface area contributed by atoms with Gasteiger partial charge in [0.05, 0.1) is 17.4 Å². The number of nitrogens with one attached hydrogen (secondary N) is 1. The van der Waals surface area contributed by atoms with Crippen molar-refractivity contribution < 1.29 is 27.2 Å². The van der Waals surface area contributed by atoms with E-state index in [2.05, 4.69) is 30.1 Å². The molecule has 0 saturated carbocycles. The van der Waals surface area contributed by atoms with Crippen LogP contribution in [0.2, 0.25) is 0 Å². The Balaban J connectivity index is 1.54. The Hall–Kier alpha value is -3.96. The molecule has 0 unspecified atom stereocenters. The molecule has 0 spiro atoms. The number of nitrogens with zero attached hydrogens (tertiary/aromatic N) is 5. The highest BCUT2D eigenvalue weighted by Crippen LogP contribution is 2.30. The van der Waals surface area contributed by atoms with E-state index in [9.17, 15) is 18.0 Å². The lowest BCUT2D eigenvalue weighted by molar-refractivity contribution is -0.159. The number of ether oxygens (including phenoxy) is 1. The molecular weight excluding hydrogens is 405 g/mol. The van der Waals surface area contributed by atoms with Crippen molar-refractivity contribution in [2.45, 2.75) is 19.7 Å². The van der Waals surface area contributed by atoms with E-state index in [1.54, 1.807) is 31.3 Å². The number of carbonyl (C=O) groups excluding carboxylic acids is 1. The number of aromatic nitrogens is 5. The predicted octanol–water partition coefficient (Wildman–Crippen LogP) is 3.86. The molecule has 0 atom stereocenters. The minimum Gasteiger partial charge on any atom is -0.444 e. The molecule has 0 aliphatic carbocycles. The van der Waals surface area contributed by atoms with Crippen LogP contribution >= 0.6 is 0 Å². The van der Waals surface area contributed by atoms with Gasteiger partial charge in [0, 0.05) is 17.5 Å². The number of pyridine rings is 2. The largest absolute Gasteiger partial charge is 0.471 e. The Morgan fingerprint density at radius 2 is 2.07 bits per heavy atom. The van der Waals surface area contributed by atoms with Crippen LogP contribution in [0.1, 0.15) is 17.1 Å². The summed E-state index contributed by atoms with van der Waals surface area (Å²) in [5.41, 5.74) is 2.39. The van der Waals surface area contributed by atoms with Crippen molar-refractivity contribution in [3.63, 3.8) is 0 Å². The van der Waals surface area contributed by atoms with Gasteiger partial charge in [-0.15, -0.1) is 0 Å². The molecule has 0 radical (unpaired) electrons. The fourth-order valence-electron chi connectivity index (χ4n) is 2.69. The standard InChI is InChI=1S/C18H13F3N6O3/c1-10-11(3-2-7-22-10)9-29-17(28)24-12-4-5-14(27-13(12)6-8-23-27)15-25-16(30-26-15)18(19,20)21/h2-8H,9H2,1H3,(H,24,28). The van der Waals surface area contributed by atoms with Gasteiger partial charge in [0.1, 0.15) is 12.3 Å². The fraction of sp³-hybridized carbons (Fsp3) is 0.167. The molecule has 0 aliphatic rings. The molecule has 0 aliphatic heterocycles. The van der Waals surface area contributed by atoms with Crippen LogP contribution in [0.5, 0.6) is 0 Å². The second kappa shape index (κ2) is 7.46. The minimum atomic E-state index is -4.76. The summed E-state index contributed by atoms with van der Waals surface area (Å²) in [6.07, 6.45) is -2.42. The summed E-state index contributed by atoms with van der Waals surface area (Å²) in [6, 6.07) is 7.98. The number of alkyl halides is 3. The van der Waals surface area contributed by atoms with Gasteiger partial charge in [0.25, 0.3) is 0 Å². The smallest absolute Gasteiger partial charge is 0.444 e. The van der Waals surface area contributed by atoms with Crippen LogP contribution < -0.4 is 5.32 Å². The zero-order chi connectivity index (χ0) is 21.3. The second-order valence-electron chi connectivity index (χ2n) is 6.13. The van der Waals surface area contributed by atoms with Crippen LogP contribution in [-0.2, 0) is 17.5 Å². The molecule has 154 valence electrons. The molecule has 9 nitrogen and oxygen atoms in total. The Labute approximate surface area is 166 Å². The first kappa shape index (κ1) is 19.4. The van der Waals surface area contributed by atoms with Gasteiger partial charge in [-0.1, -0.05) is 11.2 Å². The van der Waals surface area contributed by atoms with Gasteiger partial charge in [-0.2, -0.15) is 23.3 Å². The third-order valence-corrected chi connectivity index (χ3v) is 4.16. The summed E-state index contributed by atoms with van der Waals surface area (Å²) in [7, 11) is 0. The molecule has 4 aromatic rings. The normalized spacial score (nSPS) is 11.6. The number of fused-ring (bicyclic) bond motifs is 1. The Bertz CT molecular complexity index is 1220. The van der Waals surface area contributed by atoms with E-state index in [1.165, 1.54) is 22.8 Å². The zero-order valence-electron chi connectivity index (χ0n) is 15.3. The molecule has 1 N–H and O–H groups in total. The number of carbonyl (C=O) groups is 1. The Morgan fingerprint density at radius 1 is 1.23 bits per heavy atom. The van der Waals surface area contributed by atoms with Crippen LogP contribution in [0.3, 0.4) is 0 Å². The van der Waals surface area contributed by atoms with Crippen LogP contribution in [0.4, 0.5) is 23.7 Å². The summed E-state index contributed by atoms with van der Waals surface area (Å²) in [5.74, 6) is -1.76. The summed E-state index contributed by atoms with van der Waals surface area (Å²) in [6.45, 7) is 1.83. The van der Waals surface area contributed by atoms with Gasteiger partial charge < -0.3 is 9.26 Å². The van der Waals surface area contributed by atoms with Crippen molar-refractivity contribution in [2.75, 3.05) is 5.32 Å². The molecule has 1 amide bonds. The third kappa shape index (κ3) is 3.79.